The number of methoxy groups -OCH3 is 1. The second-order valence-electron chi connectivity index (χ2n) is 4.35. The highest BCUT2D eigenvalue weighted by Gasteiger charge is 2.06. The van der Waals surface area contributed by atoms with Crippen LogP contribution < -0.4 is 9.47 Å². The maximum atomic E-state index is 5.94. The zero-order chi connectivity index (χ0) is 13.5. The Bertz CT molecular complexity index is 411. The van der Waals surface area contributed by atoms with E-state index >= 15 is 0 Å². The normalized spacial score (nSPS) is 11.8. The standard InChI is InChI=1S/C15H21ClO2/c1-5-18-14-7-6-12(9-15(14)17-4)8-13(10-16)11(2)3/h6-9,11H,5,10H2,1-4H3. The van der Waals surface area contributed by atoms with E-state index in [1.165, 1.54) is 5.57 Å². The van der Waals surface area contributed by atoms with Crippen LogP contribution in [0.2, 0.25) is 0 Å². The van der Waals surface area contributed by atoms with Gasteiger partial charge in [-0.2, -0.15) is 0 Å². The number of halogens is 1. The van der Waals surface area contributed by atoms with Crippen LogP contribution in [0.3, 0.4) is 0 Å². The summed E-state index contributed by atoms with van der Waals surface area (Å²) in [6.45, 7) is 6.86. The molecular weight excluding hydrogens is 248 g/mol. The lowest BCUT2D eigenvalue weighted by molar-refractivity contribution is 0.311. The molecule has 0 radical (unpaired) electrons. The Morgan fingerprint density at radius 2 is 2.06 bits per heavy atom. The molecule has 0 heterocycles. The van der Waals surface area contributed by atoms with Crippen molar-refractivity contribution in [3.8, 4) is 11.5 Å². The van der Waals surface area contributed by atoms with Crippen molar-refractivity contribution in [1.29, 1.82) is 0 Å². The molecular formula is C15H21ClO2. The Kier molecular flexibility index (Phi) is 6.06. The highest BCUT2D eigenvalue weighted by atomic mass is 35.5. The summed E-state index contributed by atoms with van der Waals surface area (Å²) in [5.74, 6) is 2.52. The molecule has 0 amide bonds. The van der Waals surface area contributed by atoms with Gasteiger partial charge < -0.3 is 9.47 Å². The van der Waals surface area contributed by atoms with E-state index in [2.05, 4.69) is 19.9 Å². The van der Waals surface area contributed by atoms with E-state index < -0.39 is 0 Å². The lowest BCUT2D eigenvalue weighted by Gasteiger charge is -2.11. The molecule has 1 aromatic carbocycles. The van der Waals surface area contributed by atoms with Crippen molar-refractivity contribution in [3.05, 3.63) is 29.3 Å². The summed E-state index contributed by atoms with van der Waals surface area (Å²) in [5.41, 5.74) is 2.29. The number of allylic oxidation sites excluding steroid dienone is 1. The van der Waals surface area contributed by atoms with E-state index in [9.17, 15) is 0 Å². The maximum Gasteiger partial charge on any atom is 0.161 e. The van der Waals surface area contributed by atoms with Gasteiger partial charge in [-0.25, -0.2) is 0 Å². The molecule has 0 aliphatic rings. The number of hydrogen-bond acceptors (Lipinski definition) is 2. The van der Waals surface area contributed by atoms with Crippen LogP contribution >= 0.6 is 11.6 Å². The molecule has 0 N–H and O–H groups in total. The van der Waals surface area contributed by atoms with E-state index in [0.29, 0.717) is 18.4 Å². The summed E-state index contributed by atoms with van der Waals surface area (Å²) in [4.78, 5) is 0. The number of ether oxygens (including phenoxy) is 2. The van der Waals surface area contributed by atoms with Crippen molar-refractivity contribution in [2.45, 2.75) is 20.8 Å². The average Bonchev–Trinajstić information content (AvgIpc) is 2.37. The predicted octanol–water partition coefficient (Wildman–Crippen LogP) is 4.37. The summed E-state index contributed by atoms with van der Waals surface area (Å²) in [6, 6.07) is 5.92. The summed E-state index contributed by atoms with van der Waals surface area (Å²) in [7, 11) is 1.65. The predicted molar refractivity (Wildman–Crippen MR) is 77.7 cm³/mol. The molecule has 3 heteroatoms. The molecule has 2 nitrogen and oxygen atoms in total. The van der Waals surface area contributed by atoms with E-state index in [4.69, 9.17) is 21.1 Å². The van der Waals surface area contributed by atoms with Crippen molar-refractivity contribution >= 4 is 17.7 Å². The topological polar surface area (TPSA) is 18.5 Å². The quantitative estimate of drug-likeness (QED) is 0.713. The summed E-state index contributed by atoms with van der Waals surface area (Å²) in [5, 5.41) is 0. The number of alkyl halides is 1. The average molecular weight is 269 g/mol. The second-order valence-corrected chi connectivity index (χ2v) is 4.62. The fourth-order valence-corrected chi connectivity index (χ4v) is 2.01. The van der Waals surface area contributed by atoms with Gasteiger partial charge in [0.15, 0.2) is 11.5 Å². The first-order chi connectivity index (χ1) is 8.62. The molecule has 100 valence electrons. The first kappa shape index (κ1) is 14.9. The third kappa shape index (κ3) is 3.95. The van der Waals surface area contributed by atoms with Gasteiger partial charge >= 0.3 is 0 Å². The minimum Gasteiger partial charge on any atom is -0.493 e. The lowest BCUT2D eigenvalue weighted by Crippen LogP contribution is -1.97. The van der Waals surface area contributed by atoms with Gasteiger partial charge in [-0.1, -0.05) is 31.6 Å². The van der Waals surface area contributed by atoms with Gasteiger partial charge in [-0.3, -0.25) is 0 Å². The zero-order valence-corrected chi connectivity index (χ0v) is 12.3. The van der Waals surface area contributed by atoms with Crippen LogP contribution in [0, 0.1) is 5.92 Å². The second kappa shape index (κ2) is 7.32. The molecule has 0 saturated carbocycles. The molecule has 0 spiro atoms. The van der Waals surface area contributed by atoms with Crippen molar-refractivity contribution in [2.24, 2.45) is 5.92 Å². The fraction of sp³-hybridized carbons (Fsp3) is 0.467. The van der Waals surface area contributed by atoms with Gasteiger partial charge in [0.1, 0.15) is 0 Å². The maximum absolute atomic E-state index is 5.94. The Balaban J connectivity index is 3.05. The van der Waals surface area contributed by atoms with Crippen LogP contribution in [0.15, 0.2) is 23.8 Å². The molecule has 1 aromatic rings. The van der Waals surface area contributed by atoms with Crippen LogP contribution in [0.25, 0.3) is 6.08 Å². The molecule has 0 bridgehead atoms. The van der Waals surface area contributed by atoms with Crippen LogP contribution in [-0.4, -0.2) is 19.6 Å². The number of hydrogen-bond donors (Lipinski definition) is 0. The van der Waals surface area contributed by atoms with E-state index in [-0.39, 0.29) is 0 Å². The fourth-order valence-electron chi connectivity index (χ4n) is 1.62. The largest absolute Gasteiger partial charge is 0.493 e. The third-order valence-corrected chi connectivity index (χ3v) is 3.04. The van der Waals surface area contributed by atoms with Crippen molar-refractivity contribution < 1.29 is 9.47 Å². The van der Waals surface area contributed by atoms with Crippen molar-refractivity contribution in [3.63, 3.8) is 0 Å². The molecule has 0 aliphatic heterocycles. The summed E-state index contributed by atoms with van der Waals surface area (Å²) >= 11 is 5.94. The van der Waals surface area contributed by atoms with Gasteiger partial charge in [0.2, 0.25) is 0 Å². The number of rotatable bonds is 6. The first-order valence-corrected chi connectivity index (χ1v) is 6.73. The van der Waals surface area contributed by atoms with Crippen molar-refractivity contribution in [1.82, 2.24) is 0 Å². The van der Waals surface area contributed by atoms with Gasteiger partial charge in [0.25, 0.3) is 0 Å². The van der Waals surface area contributed by atoms with E-state index in [1.54, 1.807) is 7.11 Å². The smallest absolute Gasteiger partial charge is 0.161 e. The lowest BCUT2D eigenvalue weighted by atomic mass is 10.0. The van der Waals surface area contributed by atoms with Crippen LogP contribution in [-0.2, 0) is 0 Å². The summed E-state index contributed by atoms with van der Waals surface area (Å²) in [6.07, 6.45) is 2.11. The highest BCUT2D eigenvalue weighted by Crippen LogP contribution is 2.29. The Morgan fingerprint density at radius 3 is 2.56 bits per heavy atom. The van der Waals surface area contributed by atoms with E-state index in [1.807, 2.05) is 25.1 Å². The molecule has 0 aliphatic carbocycles. The van der Waals surface area contributed by atoms with Crippen LogP contribution in [0.5, 0.6) is 11.5 Å². The Hall–Kier alpha value is -1.15. The Labute approximate surface area is 115 Å². The van der Waals surface area contributed by atoms with Crippen LogP contribution in [0.1, 0.15) is 26.3 Å². The van der Waals surface area contributed by atoms with Gasteiger partial charge in [0.05, 0.1) is 13.7 Å². The minimum absolute atomic E-state index is 0.445. The monoisotopic (exact) mass is 268 g/mol. The highest BCUT2D eigenvalue weighted by molar-refractivity contribution is 6.19. The van der Waals surface area contributed by atoms with Gasteiger partial charge in [-0.15, -0.1) is 11.6 Å². The van der Waals surface area contributed by atoms with Crippen molar-refractivity contribution in [2.75, 3.05) is 19.6 Å². The van der Waals surface area contributed by atoms with Gasteiger partial charge in [-0.05, 0) is 30.5 Å². The SMILES string of the molecule is CCOc1ccc(C=C(CCl)C(C)C)cc1OC. The van der Waals surface area contributed by atoms with Gasteiger partial charge in [0, 0.05) is 5.88 Å². The molecule has 0 atom stereocenters. The molecule has 1 rings (SSSR count). The van der Waals surface area contributed by atoms with E-state index in [0.717, 1.165) is 17.1 Å². The summed E-state index contributed by atoms with van der Waals surface area (Å²) < 4.78 is 10.8. The number of benzene rings is 1. The zero-order valence-electron chi connectivity index (χ0n) is 11.5. The first-order valence-electron chi connectivity index (χ1n) is 6.19. The molecule has 0 unspecified atom stereocenters. The molecule has 0 fully saturated rings. The molecule has 18 heavy (non-hydrogen) atoms. The third-order valence-electron chi connectivity index (χ3n) is 2.74. The molecule has 0 saturated heterocycles. The Morgan fingerprint density at radius 1 is 1.33 bits per heavy atom. The molecule has 0 aromatic heterocycles. The minimum atomic E-state index is 0.445. The van der Waals surface area contributed by atoms with Crippen LogP contribution in [0.4, 0.5) is 0 Å².